The number of rotatable bonds is 6. The molecule has 1 aliphatic heterocycles. The van der Waals surface area contributed by atoms with Crippen molar-refractivity contribution in [2.45, 2.75) is 17.6 Å². The Balaban J connectivity index is 1.69. The quantitative estimate of drug-likeness (QED) is 0.334. The third-order valence-electron chi connectivity index (χ3n) is 6.42. The predicted molar refractivity (Wildman–Crippen MR) is 127 cm³/mol. The van der Waals surface area contributed by atoms with Crippen LogP contribution in [0.25, 0.3) is 0 Å². The molecule has 0 atom stereocenters. The molecule has 166 valence electrons. The first-order chi connectivity index (χ1) is 16.2. The number of ether oxygens (including phenoxy) is 2. The molecule has 0 aromatic heterocycles. The van der Waals surface area contributed by atoms with Gasteiger partial charge in [0.2, 0.25) is 0 Å². The molecule has 4 nitrogen and oxygen atoms in total. The number of hydrogen-bond acceptors (Lipinski definition) is 4. The molecule has 0 bridgehead atoms. The summed E-state index contributed by atoms with van der Waals surface area (Å²) in [7, 11) is 3.33. The minimum atomic E-state index is -0.829. The minimum Gasteiger partial charge on any atom is -0.497 e. The Morgan fingerprint density at radius 2 is 0.818 bits per heavy atom. The maximum absolute atomic E-state index is 6.40. The van der Waals surface area contributed by atoms with E-state index in [9.17, 15) is 0 Å². The second kappa shape index (κ2) is 8.74. The molecule has 33 heavy (non-hydrogen) atoms. The second-order valence-corrected chi connectivity index (χ2v) is 8.19. The fourth-order valence-electron chi connectivity index (χ4n) is 4.62. The van der Waals surface area contributed by atoms with Crippen LogP contribution in [0.1, 0.15) is 28.7 Å². The molecule has 0 radical (unpaired) electrons. The van der Waals surface area contributed by atoms with Gasteiger partial charge in [-0.15, -0.1) is 0 Å². The average Bonchev–Trinajstić information content (AvgIpc) is 3.33. The Morgan fingerprint density at radius 1 is 0.485 bits per heavy atom. The predicted octanol–water partition coefficient (Wildman–Crippen LogP) is 6.24. The van der Waals surface area contributed by atoms with Crippen LogP contribution in [0.4, 0.5) is 0 Å². The fourth-order valence-corrected chi connectivity index (χ4v) is 4.62. The van der Waals surface area contributed by atoms with Crippen molar-refractivity contribution in [3.8, 4) is 11.5 Å². The van der Waals surface area contributed by atoms with Gasteiger partial charge in [-0.1, -0.05) is 84.9 Å². The van der Waals surface area contributed by atoms with Crippen LogP contribution in [0.2, 0.25) is 0 Å². The monoisotopic (exact) mass is 438 g/mol. The highest BCUT2D eigenvalue weighted by atomic mass is 17.2. The van der Waals surface area contributed by atoms with E-state index in [1.54, 1.807) is 14.2 Å². The van der Waals surface area contributed by atoms with Gasteiger partial charge in [0.05, 0.1) is 14.2 Å². The van der Waals surface area contributed by atoms with Crippen LogP contribution in [-0.4, -0.2) is 14.2 Å². The van der Waals surface area contributed by atoms with E-state index in [0.717, 1.165) is 33.8 Å². The minimum absolute atomic E-state index is 0.562. The molecule has 4 aromatic carbocycles. The van der Waals surface area contributed by atoms with Gasteiger partial charge in [-0.2, -0.15) is 0 Å². The average molecular weight is 439 g/mol. The van der Waals surface area contributed by atoms with E-state index >= 15 is 0 Å². The van der Waals surface area contributed by atoms with E-state index in [1.807, 2.05) is 84.9 Å². The molecule has 0 spiro atoms. The van der Waals surface area contributed by atoms with Gasteiger partial charge in [0, 0.05) is 6.42 Å². The SMILES string of the molecule is COc1ccc(C2(c3ccc(OC)cc3)CC(c3ccccc3)(c3ccccc3)OO2)cc1. The molecule has 1 saturated heterocycles. The first kappa shape index (κ1) is 21.3. The summed E-state index contributed by atoms with van der Waals surface area (Å²) in [6.45, 7) is 0. The summed E-state index contributed by atoms with van der Waals surface area (Å²) in [6.07, 6.45) is 0.562. The molecule has 0 saturated carbocycles. The lowest BCUT2D eigenvalue weighted by atomic mass is 9.73. The summed E-state index contributed by atoms with van der Waals surface area (Å²) in [5, 5.41) is 0. The van der Waals surface area contributed by atoms with E-state index in [4.69, 9.17) is 19.2 Å². The van der Waals surface area contributed by atoms with Gasteiger partial charge in [-0.05, 0) is 46.5 Å². The topological polar surface area (TPSA) is 36.9 Å². The van der Waals surface area contributed by atoms with Gasteiger partial charge >= 0.3 is 0 Å². The lowest BCUT2D eigenvalue weighted by molar-refractivity contribution is -0.341. The van der Waals surface area contributed by atoms with Crippen molar-refractivity contribution in [1.29, 1.82) is 0 Å². The Bertz CT molecular complexity index is 1100. The van der Waals surface area contributed by atoms with Crippen molar-refractivity contribution in [1.82, 2.24) is 0 Å². The van der Waals surface area contributed by atoms with E-state index in [-0.39, 0.29) is 0 Å². The van der Waals surface area contributed by atoms with E-state index < -0.39 is 11.2 Å². The van der Waals surface area contributed by atoms with Crippen molar-refractivity contribution >= 4 is 0 Å². The molecule has 0 amide bonds. The van der Waals surface area contributed by atoms with Crippen molar-refractivity contribution in [2.24, 2.45) is 0 Å². The maximum Gasteiger partial charge on any atom is 0.157 e. The van der Waals surface area contributed by atoms with Gasteiger partial charge in [0.25, 0.3) is 0 Å². The molecule has 1 heterocycles. The van der Waals surface area contributed by atoms with E-state index in [2.05, 4.69) is 24.3 Å². The lowest BCUT2D eigenvalue weighted by Crippen LogP contribution is -2.31. The number of hydrogen-bond donors (Lipinski definition) is 0. The van der Waals surface area contributed by atoms with Crippen molar-refractivity contribution in [3.05, 3.63) is 131 Å². The zero-order valence-corrected chi connectivity index (χ0v) is 18.7. The molecular weight excluding hydrogens is 412 g/mol. The summed E-state index contributed by atoms with van der Waals surface area (Å²) >= 11 is 0. The Kier molecular flexibility index (Phi) is 5.63. The first-order valence-corrected chi connectivity index (χ1v) is 11.0. The van der Waals surface area contributed by atoms with Crippen molar-refractivity contribution in [3.63, 3.8) is 0 Å². The highest BCUT2D eigenvalue weighted by Gasteiger charge is 2.55. The number of methoxy groups -OCH3 is 2. The summed E-state index contributed by atoms with van der Waals surface area (Å²) in [6, 6.07) is 36.5. The standard InChI is InChI=1S/C29H26O4/c1-30-26-17-13-24(14-18-26)29(25-15-19-27(31-2)20-16-25)21-28(32-33-29,22-9-5-3-6-10-22)23-11-7-4-8-12-23/h3-20H,21H2,1-2H3. The highest BCUT2D eigenvalue weighted by Crippen LogP contribution is 2.55. The molecule has 4 heteroatoms. The normalized spacial score (nSPS) is 16.3. The Morgan fingerprint density at radius 3 is 1.15 bits per heavy atom. The van der Waals surface area contributed by atoms with Crippen LogP contribution in [-0.2, 0) is 21.0 Å². The lowest BCUT2D eigenvalue weighted by Gasteiger charge is -2.30. The zero-order chi connectivity index (χ0) is 22.7. The molecule has 0 unspecified atom stereocenters. The smallest absolute Gasteiger partial charge is 0.157 e. The molecular formula is C29H26O4. The van der Waals surface area contributed by atoms with Crippen LogP contribution in [0.5, 0.6) is 11.5 Å². The van der Waals surface area contributed by atoms with Gasteiger partial charge in [0.15, 0.2) is 11.2 Å². The van der Waals surface area contributed by atoms with Crippen molar-refractivity contribution in [2.75, 3.05) is 14.2 Å². The van der Waals surface area contributed by atoms with Gasteiger partial charge < -0.3 is 9.47 Å². The second-order valence-electron chi connectivity index (χ2n) is 8.19. The summed E-state index contributed by atoms with van der Waals surface area (Å²) in [4.78, 5) is 12.8. The summed E-state index contributed by atoms with van der Waals surface area (Å²) < 4.78 is 10.8. The largest absolute Gasteiger partial charge is 0.497 e. The highest BCUT2D eigenvalue weighted by molar-refractivity contribution is 5.46. The summed E-state index contributed by atoms with van der Waals surface area (Å²) in [5.41, 5.74) is 2.46. The first-order valence-electron chi connectivity index (χ1n) is 11.0. The van der Waals surface area contributed by atoms with E-state index in [1.165, 1.54) is 0 Å². The van der Waals surface area contributed by atoms with Gasteiger partial charge in [-0.25, -0.2) is 9.78 Å². The molecule has 4 aromatic rings. The summed E-state index contributed by atoms with van der Waals surface area (Å²) in [5.74, 6) is 1.58. The van der Waals surface area contributed by atoms with Crippen LogP contribution in [0.15, 0.2) is 109 Å². The van der Waals surface area contributed by atoms with Crippen LogP contribution in [0.3, 0.4) is 0 Å². The van der Waals surface area contributed by atoms with Crippen LogP contribution < -0.4 is 9.47 Å². The Hall–Kier alpha value is -3.60. The van der Waals surface area contributed by atoms with Gasteiger partial charge in [-0.3, -0.25) is 0 Å². The van der Waals surface area contributed by atoms with E-state index in [0.29, 0.717) is 6.42 Å². The zero-order valence-electron chi connectivity index (χ0n) is 18.7. The fraction of sp³-hybridized carbons (Fsp3) is 0.172. The van der Waals surface area contributed by atoms with Crippen LogP contribution in [0, 0.1) is 0 Å². The molecule has 1 fully saturated rings. The molecule has 1 aliphatic rings. The molecule has 0 N–H and O–H groups in total. The van der Waals surface area contributed by atoms with Gasteiger partial charge in [0.1, 0.15) is 11.5 Å². The third-order valence-corrected chi connectivity index (χ3v) is 6.42. The maximum atomic E-state index is 6.40. The molecule has 0 aliphatic carbocycles. The third kappa shape index (κ3) is 3.67. The van der Waals surface area contributed by atoms with Crippen molar-refractivity contribution < 1.29 is 19.2 Å². The number of benzene rings is 4. The molecule has 5 rings (SSSR count). The van der Waals surface area contributed by atoms with Crippen LogP contribution >= 0.6 is 0 Å². The Labute approximate surface area is 194 Å².